The standard InChI is InChI=1S/C11H11ClINO4/c1-18-11(17)8(13)5-14-10(16)6-2-3-9(15)7(12)4-6/h2-4,8,15H,5H2,1H3,(H,14,16). The highest BCUT2D eigenvalue weighted by Gasteiger charge is 2.16. The molecule has 1 rings (SSSR count). The third-order valence-electron chi connectivity index (χ3n) is 2.11. The van der Waals surface area contributed by atoms with Gasteiger partial charge in [0.1, 0.15) is 9.67 Å². The molecule has 0 aromatic heterocycles. The van der Waals surface area contributed by atoms with Gasteiger partial charge in [0, 0.05) is 12.1 Å². The molecule has 0 saturated heterocycles. The Morgan fingerprint density at radius 1 is 1.56 bits per heavy atom. The molecule has 1 atom stereocenters. The van der Waals surface area contributed by atoms with Gasteiger partial charge in [-0.2, -0.15) is 0 Å². The van der Waals surface area contributed by atoms with Gasteiger partial charge in [-0.3, -0.25) is 9.59 Å². The van der Waals surface area contributed by atoms with Crippen molar-refractivity contribution in [1.29, 1.82) is 0 Å². The van der Waals surface area contributed by atoms with Gasteiger partial charge in [-0.05, 0) is 18.2 Å². The second-order valence-electron chi connectivity index (χ2n) is 3.37. The number of hydrogen-bond donors (Lipinski definition) is 2. The van der Waals surface area contributed by atoms with Crippen LogP contribution in [0, 0.1) is 0 Å². The van der Waals surface area contributed by atoms with Crippen molar-refractivity contribution in [2.24, 2.45) is 0 Å². The SMILES string of the molecule is COC(=O)C(I)CNC(=O)c1ccc(O)c(Cl)c1. The number of carbonyl (C=O) groups is 2. The van der Waals surface area contributed by atoms with Gasteiger partial charge in [-0.15, -0.1) is 0 Å². The fraction of sp³-hybridized carbons (Fsp3) is 0.273. The van der Waals surface area contributed by atoms with Gasteiger partial charge in [0.05, 0.1) is 12.1 Å². The highest BCUT2D eigenvalue weighted by atomic mass is 127. The van der Waals surface area contributed by atoms with E-state index in [4.69, 9.17) is 11.6 Å². The summed E-state index contributed by atoms with van der Waals surface area (Å²) >= 11 is 7.56. The number of rotatable bonds is 4. The van der Waals surface area contributed by atoms with Crippen LogP contribution in [0.1, 0.15) is 10.4 Å². The second-order valence-corrected chi connectivity index (χ2v) is 5.28. The van der Waals surface area contributed by atoms with Crippen LogP contribution in [0.15, 0.2) is 18.2 Å². The third-order valence-corrected chi connectivity index (χ3v) is 3.36. The van der Waals surface area contributed by atoms with Crippen LogP contribution in [-0.2, 0) is 9.53 Å². The second kappa shape index (κ2) is 6.79. The van der Waals surface area contributed by atoms with Crippen molar-refractivity contribution in [3.63, 3.8) is 0 Å². The third kappa shape index (κ3) is 4.02. The summed E-state index contributed by atoms with van der Waals surface area (Å²) in [5.74, 6) is -0.864. The van der Waals surface area contributed by atoms with E-state index in [1.165, 1.54) is 25.3 Å². The maximum atomic E-state index is 11.7. The van der Waals surface area contributed by atoms with Crippen molar-refractivity contribution < 1.29 is 19.4 Å². The molecule has 5 nitrogen and oxygen atoms in total. The van der Waals surface area contributed by atoms with E-state index in [0.29, 0.717) is 5.56 Å². The molecule has 1 aromatic rings. The smallest absolute Gasteiger partial charge is 0.320 e. The van der Waals surface area contributed by atoms with E-state index in [-0.39, 0.29) is 23.2 Å². The molecule has 0 spiro atoms. The molecule has 7 heteroatoms. The minimum Gasteiger partial charge on any atom is -0.506 e. The summed E-state index contributed by atoms with van der Waals surface area (Å²) in [5.41, 5.74) is 0.311. The number of aromatic hydroxyl groups is 1. The number of carbonyl (C=O) groups excluding carboxylic acids is 2. The zero-order valence-electron chi connectivity index (χ0n) is 9.44. The molecular formula is C11H11ClINO4. The first kappa shape index (κ1) is 15.0. The van der Waals surface area contributed by atoms with Crippen molar-refractivity contribution in [3.05, 3.63) is 28.8 Å². The van der Waals surface area contributed by atoms with E-state index in [2.05, 4.69) is 10.1 Å². The predicted octanol–water partition coefficient (Wildman–Crippen LogP) is 1.75. The van der Waals surface area contributed by atoms with Crippen molar-refractivity contribution >= 4 is 46.1 Å². The van der Waals surface area contributed by atoms with E-state index in [1.807, 2.05) is 22.6 Å². The van der Waals surface area contributed by atoms with Crippen LogP contribution in [0.25, 0.3) is 0 Å². The van der Waals surface area contributed by atoms with Gasteiger partial charge < -0.3 is 15.2 Å². The number of benzene rings is 1. The zero-order valence-corrected chi connectivity index (χ0v) is 12.4. The molecule has 0 aliphatic rings. The number of methoxy groups -OCH3 is 1. The van der Waals surface area contributed by atoms with E-state index >= 15 is 0 Å². The Morgan fingerprint density at radius 2 is 2.22 bits per heavy atom. The average molecular weight is 384 g/mol. The quantitative estimate of drug-likeness (QED) is 0.472. The summed E-state index contributed by atoms with van der Waals surface area (Å²) in [7, 11) is 1.29. The molecule has 0 heterocycles. The highest BCUT2D eigenvalue weighted by molar-refractivity contribution is 14.1. The van der Waals surface area contributed by atoms with Gasteiger partial charge in [0.15, 0.2) is 0 Å². The molecule has 0 aliphatic heterocycles. The average Bonchev–Trinajstić information content (AvgIpc) is 2.37. The highest BCUT2D eigenvalue weighted by Crippen LogP contribution is 2.23. The van der Waals surface area contributed by atoms with Crippen LogP contribution in [0.5, 0.6) is 5.75 Å². The van der Waals surface area contributed by atoms with Crippen LogP contribution in [0.2, 0.25) is 5.02 Å². The Kier molecular flexibility index (Phi) is 5.67. The molecule has 0 saturated carbocycles. The largest absolute Gasteiger partial charge is 0.506 e. The Bertz CT molecular complexity index is 466. The maximum absolute atomic E-state index is 11.7. The minimum absolute atomic E-state index is 0.0884. The molecule has 1 amide bonds. The number of nitrogens with one attached hydrogen (secondary N) is 1. The topological polar surface area (TPSA) is 75.6 Å². The lowest BCUT2D eigenvalue weighted by atomic mass is 10.2. The van der Waals surface area contributed by atoms with E-state index in [0.717, 1.165) is 0 Å². The van der Waals surface area contributed by atoms with Gasteiger partial charge in [0.25, 0.3) is 5.91 Å². The summed E-state index contributed by atoms with van der Waals surface area (Å²) in [6.07, 6.45) is 0. The summed E-state index contributed by atoms with van der Waals surface area (Å²) in [6.45, 7) is 0.157. The molecule has 0 aliphatic carbocycles. The Balaban J connectivity index is 2.60. The van der Waals surface area contributed by atoms with Gasteiger partial charge in [0.2, 0.25) is 0 Å². The van der Waals surface area contributed by atoms with Gasteiger partial charge in [-0.25, -0.2) is 0 Å². The molecule has 18 heavy (non-hydrogen) atoms. The fourth-order valence-electron chi connectivity index (χ4n) is 1.14. The number of esters is 1. The molecule has 0 bridgehead atoms. The Morgan fingerprint density at radius 3 is 2.78 bits per heavy atom. The van der Waals surface area contributed by atoms with E-state index < -0.39 is 9.89 Å². The summed E-state index contributed by atoms with van der Waals surface area (Å²) in [6, 6.07) is 4.13. The first-order valence-electron chi connectivity index (χ1n) is 4.94. The lowest BCUT2D eigenvalue weighted by Crippen LogP contribution is -2.33. The summed E-state index contributed by atoms with van der Waals surface area (Å²) < 4.78 is 4.08. The molecule has 1 unspecified atom stereocenters. The van der Waals surface area contributed by atoms with Crippen LogP contribution in [0.4, 0.5) is 0 Å². The van der Waals surface area contributed by atoms with Crippen molar-refractivity contribution in [3.8, 4) is 5.75 Å². The minimum atomic E-state index is -0.455. The maximum Gasteiger partial charge on any atom is 0.320 e. The van der Waals surface area contributed by atoms with E-state index in [9.17, 15) is 14.7 Å². The number of alkyl halides is 1. The van der Waals surface area contributed by atoms with Crippen LogP contribution >= 0.6 is 34.2 Å². The van der Waals surface area contributed by atoms with Gasteiger partial charge in [-0.1, -0.05) is 34.2 Å². The monoisotopic (exact) mass is 383 g/mol. The van der Waals surface area contributed by atoms with Crippen LogP contribution in [0.3, 0.4) is 0 Å². The predicted molar refractivity (Wildman–Crippen MR) is 75.3 cm³/mol. The Hall–Kier alpha value is -1.02. The molecule has 98 valence electrons. The molecule has 0 fully saturated rings. The number of phenols is 1. The normalized spacial score (nSPS) is 11.7. The molecule has 1 aromatic carbocycles. The van der Waals surface area contributed by atoms with Crippen molar-refractivity contribution in [2.45, 2.75) is 3.92 Å². The number of halogens is 2. The summed E-state index contributed by atoms with van der Waals surface area (Å²) in [4.78, 5) is 22.8. The fourth-order valence-corrected chi connectivity index (χ4v) is 1.80. The molecule has 0 radical (unpaired) electrons. The number of ether oxygens (including phenoxy) is 1. The van der Waals surface area contributed by atoms with Crippen LogP contribution < -0.4 is 5.32 Å². The number of amides is 1. The van der Waals surface area contributed by atoms with Gasteiger partial charge >= 0.3 is 5.97 Å². The Labute approximate surface area is 123 Å². The van der Waals surface area contributed by atoms with Crippen molar-refractivity contribution in [1.82, 2.24) is 5.32 Å². The first-order chi connectivity index (χ1) is 8.45. The molecule has 2 N–H and O–H groups in total. The summed E-state index contributed by atoms with van der Waals surface area (Å²) in [5, 5.41) is 11.9. The lowest BCUT2D eigenvalue weighted by molar-refractivity contribution is -0.139. The zero-order chi connectivity index (χ0) is 13.7. The molecular weight excluding hydrogens is 372 g/mol. The van der Waals surface area contributed by atoms with Crippen LogP contribution in [-0.4, -0.2) is 34.6 Å². The van der Waals surface area contributed by atoms with E-state index in [1.54, 1.807) is 0 Å². The lowest BCUT2D eigenvalue weighted by Gasteiger charge is -2.09. The van der Waals surface area contributed by atoms with Crippen molar-refractivity contribution in [2.75, 3.05) is 13.7 Å². The first-order valence-corrected chi connectivity index (χ1v) is 6.56. The number of phenolic OH excluding ortho intramolecular Hbond substituents is 1. The number of hydrogen-bond acceptors (Lipinski definition) is 4.